The van der Waals surface area contributed by atoms with E-state index < -0.39 is 30.5 Å². The van der Waals surface area contributed by atoms with Crippen LogP contribution in [0.5, 0.6) is 0 Å². The Bertz CT molecular complexity index is 665. The van der Waals surface area contributed by atoms with E-state index in [1.807, 2.05) is 60.7 Å². The molecule has 6 heteroatoms. The first-order valence-corrected chi connectivity index (χ1v) is 9.09. The van der Waals surface area contributed by atoms with E-state index in [9.17, 15) is 15.3 Å². The van der Waals surface area contributed by atoms with E-state index in [1.165, 1.54) is 0 Å². The summed E-state index contributed by atoms with van der Waals surface area (Å²) in [6.45, 7) is 0.0125. The molecule has 5 atom stereocenters. The predicted molar refractivity (Wildman–Crippen MR) is 98.6 cm³/mol. The van der Waals surface area contributed by atoms with Crippen molar-refractivity contribution in [3.63, 3.8) is 0 Å². The summed E-state index contributed by atoms with van der Waals surface area (Å²) in [6, 6.07) is 19.2. The highest BCUT2D eigenvalue weighted by atomic mass is 16.7. The van der Waals surface area contributed by atoms with Gasteiger partial charge in [-0.25, -0.2) is 0 Å². The van der Waals surface area contributed by atoms with Crippen molar-refractivity contribution in [3.8, 4) is 0 Å². The highest BCUT2D eigenvalue weighted by molar-refractivity contribution is 5.14. The fourth-order valence-electron chi connectivity index (χ4n) is 3.30. The summed E-state index contributed by atoms with van der Waals surface area (Å²) in [5.74, 6) is -0.511. The molecule has 0 bridgehead atoms. The number of benzene rings is 2. The van der Waals surface area contributed by atoms with E-state index in [0.717, 1.165) is 11.1 Å². The van der Waals surface area contributed by atoms with Crippen molar-refractivity contribution >= 4 is 0 Å². The van der Waals surface area contributed by atoms with Crippen LogP contribution in [0.2, 0.25) is 0 Å². The number of hydrogen-bond donors (Lipinski definition) is 3. The number of rotatable bonds is 8. The Kier molecular flexibility index (Phi) is 7.34. The summed E-state index contributed by atoms with van der Waals surface area (Å²) in [7, 11) is 0. The van der Waals surface area contributed by atoms with Crippen molar-refractivity contribution in [1.82, 2.24) is 0 Å². The molecule has 2 aromatic carbocycles. The average Bonchev–Trinajstić information content (AvgIpc) is 2.72. The second kappa shape index (κ2) is 9.94. The fraction of sp³-hybridized carbons (Fsp3) is 0.429. The van der Waals surface area contributed by atoms with Crippen LogP contribution in [-0.2, 0) is 27.4 Å². The smallest absolute Gasteiger partial charge is 0.184 e. The summed E-state index contributed by atoms with van der Waals surface area (Å²) in [5, 5.41) is 29.8. The molecule has 27 heavy (non-hydrogen) atoms. The van der Waals surface area contributed by atoms with Crippen LogP contribution in [0.15, 0.2) is 60.7 Å². The summed E-state index contributed by atoms with van der Waals surface area (Å²) in [4.78, 5) is 0. The predicted octanol–water partition coefficient (Wildman–Crippen LogP) is 1.48. The molecule has 6 nitrogen and oxygen atoms in total. The number of aliphatic hydroxyl groups excluding tert-OH is 3. The summed E-state index contributed by atoms with van der Waals surface area (Å²) < 4.78 is 17.4. The average molecular weight is 374 g/mol. The lowest BCUT2D eigenvalue weighted by Gasteiger charge is -2.43. The molecule has 0 saturated carbocycles. The van der Waals surface area contributed by atoms with Crippen molar-refractivity contribution < 1.29 is 29.5 Å². The van der Waals surface area contributed by atoms with Crippen LogP contribution in [0.4, 0.5) is 0 Å². The van der Waals surface area contributed by atoms with Crippen LogP contribution in [0.25, 0.3) is 0 Å². The van der Waals surface area contributed by atoms with Gasteiger partial charge in [-0.3, -0.25) is 0 Å². The van der Waals surface area contributed by atoms with E-state index in [4.69, 9.17) is 14.2 Å². The van der Waals surface area contributed by atoms with E-state index >= 15 is 0 Å². The molecule has 1 heterocycles. The molecule has 1 aliphatic heterocycles. The van der Waals surface area contributed by atoms with Gasteiger partial charge >= 0.3 is 0 Å². The molecule has 0 aliphatic carbocycles. The van der Waals surface area contributed by atoms with E-state index in [0.29, 0.717) is 6.61 Å². The van der Waals surface area contributed by atoms with Gasteiger partial charge in [0.15, 0.2) is 6.29 Å². The van der Waals surface area contributed by atoms with Gasteiger partial charge in [-0.2, -0.15) is 0 Å². The fourth-order valence-corrected chi connectivity index (χ4v) is 3.30. The number of hydrogen-bond acceptors (Lipinski definition) is 6. The highest BCUT2D eigenvalue weighted by Crippen LogP contribution is 2.30. The Morgan fingerprint density at radius 2 is 1.26 bits per heavy atom. The van der Waals surface area contributed by atoms with Gasteiger partial charge in [-0.15, -0.1) is 0 Å². The molecule has 1 saturated heterocycles. The molecule has 1 unspecified atom stereocenters. The zero-order chi connectivity index (χ0) is 19.1. The maximum atomic E-state index is 10.4. The van der Waals surface area contributed by atoms with Crippen LogP contribution in [0.3, 0.4) is 0 Å². The lowest BCUT2D eigenvalue weighted by molar-refractivity contribution is -0.299. The second-order valence-electron chi connectivity index (χ2n) is 6.62. The topological polar surface area (TPSA) is 88.4 Å². The van der Waals surface area contributed by atoms with Crippen molar-refractivity contribution in [2.75, 3.05) is 13.2 Å². The van der Waals surface area contributed by atoms with Crippen molar-refractivity contribution in [2.45, 2.75) is 37.8 Å². The quantitative estimate of drug-likeness (QED) is 0.649. The van der Waals surface area contributed by atoms with Crippen molar-refractivity contribution in [3.05, 3.63) is 71.8 Å². The Balaban J connectivity index is 1.73. The van der Waals surface area contributed by atoms with E-state index in [1.54, 1.807) is 0 Å². The zero-order valence-corrected chi connectivity index (χ0v) is 15.1. The highest BCUT2D eigenvalue weighted by Gasteiger charge is 2.46. The summed E-state index contributed by atoms with van der Waals surface area (Å²) in [6.07, 6.45) is -3.38. The van der Waals surface area contributed by atoms with Crippen LogP contribution < -0.4 is 0 Å². The van der Waals surface area contributed by atoms with E-state index in [-0.39, 0.29) is 19.8 Å². The lowest BCUT2D eigenvalue weighted by Crippen LogP contribution is -2.58. The van der Waals surface area contributed by atoms with Gasteiger partial charge in [-0.1, -0.05) is 60.7 Å². The third-order valence-corrected chi connectivity index (χ3v) is 4.78. The molecule has 146 valence electrons. The minimum atomic E-state index is -1.26. The molecule has 1 aliphatic rings. The molecule has 0 amide bonds. The van der Waals surface area contributed by atoms with Crippen LogP contribution in [-0.4, -0.2) is 53.1 Å². The third kappa shape index (κ3) is 5.13. The van der Waals surface area contributed by atoms with Crippen molar-refractivity contribution in [1.29, 1.82) is 0 Å². The van der Waals surface area contributed by atoms with Crippen molar-refractivity contribution in [2.24, 2.45) is 5.92 Å². The first-order valence-electron chi connectivity index (χ1n) is 9.09. The maximum Gasteiger partial charge on any atom is 0.184 e. The SMILES string of the molecule is OC[C@@H]1[C@H](OCc2ccccc2)[C@@H](OCc2ccccc2)C(O)O[C@@H]1CO. The molecule has 0 radical (unpaired) electrons. The number of aliphatic hydroxyl groups is 3. The Morgan fingerprint density at radius 1 is 0.741 bits per heavy atom. The normalized spacial score (nSPS) is 28.2. The molecule has 1 fully saturated rings. The first kappa shape index (κ1) is 19.9. The Morgan fingerprint density at radius 3 is 1.74 bits per heavy atom. The summed E-state index contributed by atoms with van der Waals surface area (Å²) >= 11 is 0. The van der Waals surface area contributed by atoms with Gasteiger partial charge in [0, 0.05) is 5.92 Å². The molecule has 3 rings (SSSR count). The van der Waals surface area contributed by atoms with Crippen LogP contribution in [0.1, 0.15) is 11.1 Å². The second-order valence-corrected chi connectivity index (χ2v) is 6.62. The Hall–Kier alpha value is -1.80. The van der Waals surface area contributed by atoms with Crippen LogP contribution >= 0.6 is 0 Å². The molecule has 2 aromatic rings. The van der Waals surface area contributed by atoms with Crippen LogP contribution in [0, 0.1) is 5.92 Å². The van der Waals surface area contributed by atoms with Gasteiger partial charge in [-0.05, 0) is 11.1 Å². The third-order valence-electron chi connectivity index (χ3n) is 4.78. The minimum Gasteiger partial charge on any atom is -0.396 e. The van der Waals surface area contributed by atoms with E-state index in [2.05, 4.69) is 0 Å². The zero-order valence-electron chi connectivity index (χ0n) is 15.1. The monoisotopic (exact) mass is 374 g/mol. The molecule has 0 aromatic heterocycles. The largest absolute Gasteiger partial charge is 0.396 e. The standard InChI is InChI=1S/C21H26O6/c22-11-17-18(12-23)27-21(24)20(26-14-16-9-5-2-6-10-16)19(17)25-13-15-7-3-1-4-8-15/h1-10,17-24H,11-14H2/t17-,18+,19-,20+,21?/m0/s1. The lowest BCUT2D eigenvalue weighted by atomic mass is 9.89. The first-order chi connectivity index (χ1) is 13.2. The van der Waals surface area contributed by atoms with Gasteiger partial charge in [0.25, 0.3) is 0 Å². The maximum absolute atomic E-state index is 10.4. The molecular weight excluding hydrogens is 348 g/mol. The van der Waals surface area contributed by atoms with Gasteiger partial charge < -0.3 is 29.5 Å². The minimum absolute atomic E-state index is 0.247. The Labute approximate surface area is 158 Å². The molecule has 3 N–H and O–H groups in total. The molecule has 0 spiro atoms. The molecular formula is C21H26O6. The number of ether oxygens (including phenoxy) is 3. The van der Waals surface area contributed by atoms with Gasteiger partial charge in [0.05, 0.1) is 38.6 Å². The van der Waals surface area contributed by atoms with Gasteiger partial charge in [0.2, 0.25) is 0 Å². The van der Waals surface area contributed by atoms with Gasteiger partial charge in [0.1, 0.15) is 6.10 Å². The summed E-state index contributed by atoms with van der Waals surface area (Å²) in [5.41, 5.74) is 1.92.